The number of allylic oxidation sites excluding steroid dienone is 1. The molecule has 0 amide bonds. The minimum atomic E-state index is 0.682. The molecule has 0 bridgehead atoms. The lowest BCUT2D eigenvalue weighted by molar-refractivity contribution is 0.264. The van der Waals surface area contributed by atoms with E-state index >= 15 is 0 Å². The maximum atomic E-state index is 8.95. The Morgan fingerprint density at radius 3 is 2.73 bits per heavy atom. The topological polar surface area (TPSA) is 35.8 Å². The molecule has 0 aromatic rings. The van der Waals surface area contributed by atoms with Crippen molar-refractivity contribution in [3.63, 3.8) is 0 Å². The molecular weight excluding hydrogens is 188 g/mol. The van der Waals surface area contributed by atoms with Gasteiger partial charge in [0.05, 0.1) is 5.71 Å². The first kappa shape index (κ1) is 10.7. The molecule has 0 saturated carbocycles. The molecule has 0 fully saturated rings. The molecule has 2 aliphatic rings. The van der Waals surface area contributed by atoms with Gasteiger partial charge in [0, 0.05) is 6.04 Å². The van der Waals surface area contributed by atoms with Crippen LogP contribution in [-0.4, -0.2) is 36.0 Å². The zero-order valence-electron chi connectivity index (χ0n) is 9.66. The van der Waals surface area contributed by atoms with E-state index < -0.39 is 0 Å². The number of hydrogen-bond acceptors (Lipinski definition) is 3. The molecular formula is C12H20N2O. The van der Waals surface area contributed by atoms with Gasteiger partial charge in [-0.15, -0.1) is 0 Å². The van der Waals surface area contributed by atoms with Gasteiger partial charge in [0.2, 0.25) is 0 Å². The third-order valence-electron chi connectivity index (χ3n) is 3.73. The molecule has 0 aromatic carbocycles. The first-order valence-electron chi connectivity index (χ1n) is 5.81. The monoisotopic (exact) mass is 208 g/mol. The Kier molecular flexibility index (Phi) is 3.10. The Bertz CT molecular complexity index is 305. The summed E-state index contributed by atoms with van der Waals surface area (Å²) in [4.78, 5) is 2.31. The summed E-state index contributed by atoms with van der Waals surface area (Å²) in [5.41, 5.74) is 3.86. The van der Waals surface area contributed by atoms with E-state index in [0.29, 0.717) is 6.04 Å². The van der Waals surface area contributed by atoms with Gasteiger partial charge in [-0.2, -0.15) is 0 Å². The molecule has 2 rings (SSSR count). The largest absolute Gasteiger partial charge is 0.411 e. The molecule has 3 nitrogen and oxygen atoms in total. The average Bonchev–Trinajstić information content (AvgIpc) is 2.27. The summed E-state index contributed by atoms with van der Waals surface area (Å²) in [5.74, 6) is 0. The second-order valence-corrected chi connectivity index (χ2v) is 4.84. The van der Waals surface area contributed by atoms with Crippen LogP contribution >= 0.6 is 0 Å². The molecule has 0 saturated heterocycles. The van der Waals surface area contributed by atoms with Gasteiger partial charge in [-0.3, -0.25) is 0 Å². The van der Waals surface area contributed by atoms with E-state index in [2.05, 4.69) is 24.2 Å². The normalized spacial score (nSPS) is 29.8. The van der Waals surface area contributed by atoms with E-state index in [4.69, 9.17) is 5.21 Å². The van der Waals surface area contributed by atoms with Gasteiger partial charge in [-0.1, -0.05) is 10.7 Å². The van der Waals surface area contributed by atoms with Crippen LogP contribution in [0.2, 0.25) is 0 Å². The standard InChI is InChI=1S/C12H20N2O/c1-14(2)10-6-7-11-9(8-10)4-3-5-12(11)13-15/h10,15H,3-8H2,1-2H3. The van der Waals surface area contributed by atoms with Crippen molar-refractivity contribution in [3.8, 4) is 0 Å². The van der Waals surface area contributed by atoms with E-state index in [1.807, 2.05) is 0 Å². The summed E-state index contributed by atoms with van der Waals surface area (Å²) in [6, 6.07) is 0.682. The van der Waals surface area contributed by atoms with Crippen molar-refractivity contribution < 1.29 is 5.21 Å². The maximum Gasteiger partial charge on any atom is 0.0827 e. The van der Waals surface area contributed by atoms with Crippen molar-refractivity contribution in [2.24, 2.45) is 5.16 Å². The molecule has 0 aliphatic heterocycles. The fourth-order valence-electron chi connectivity index (χ4n) is 2.77. The second kappa shape index (κ2) is 4.35. The number of rotatable bonds is 1. The SMILES string of the molecule is CN(C)C1CCC2=C(CCCC2=NO)C1. The molecule has 0 radical (unpaired) electrons. The second-order valence-electron chi connectivity index (χ2n) is 4.84. The lowest BCUT2D eigenvalue weighted by Gasteiger charge is -2.34. The molecule has 0 spiro atoms. The van der Waals surface area contributed by atoms with Gasteiger partial charge >= 0.3 is 0 Å². The highest BCUT2D eigenvalue weighted by molar-refractivity contribution is 6.01. The molecule has 2 aliphatic carbocycles. The van der Waals surface area contributed by atoms with Crippen LogP contribution in [-0.2, 0) is 0 Å². The van der Waals surface area contributed by atoms with Crippen molar-refractivity contribution >= 4 is 5.71 Å². The highest BCUT2D eigenvalue weighted by Crippen LogP contribution is 2.35. The fourth-order valence-corrected chi connectivity index (χ4v) is 2.77. The van der Waals surface area contributed by atoms with Crippen LogP contribution in [0.15, 0.2) is 16.3 Å². The summed E-state index contributed by atoms with van der Waals surface area (Å²) < 4.78 is 0. The van der Waals surface area contributed by atoms with Gasteiger partial charge in [0.25, 0.3) is 0 Å². The predicted molar refractivity (Wildman–Crippen MR) is 61.4 cm³/mol. The van der Waals surface area contributed by atoms with Crippen LogP contribution in [0.1, 0.15) is 38.5 Å². The molecule has 0 aromatic heterocycles. The van der Waals surface area contributed by atoms with E-state index in [0.717, 1.165) is 25.0 Å². The van der Waals surface area contributed by atoms with E-state index in [9.17, 15) is 0 Å². The van der Waals surface area contributed by atoms with Crippen LogP contribution in [0, 0.1) is 0 Å². The van der Waals surface area contributed by atoms with Gasteiger partial charge < -0.3 is 10.1 Å². The van der Waals surface area contributed by atoms with Gasteiger partial charge in [-0.05, 0) is 58.2 Å². The van der Waals surface area contributed by atoms with Crippen molar-refractivity contribution in [1.82, 2.24) is 4.90 Å². The third kappa shape index (κ3) is 2.07. The molecule has 3 heteroatoms. The highest BCUT2D eigenvalue weighted by atomic mass is 16.4. The van der Waals surface area contributed by atoms with Crippen molar-refractivity contribution in [3.05, 3.63) is 11.1 Å². The molecule has 1 N–H and O–H groups in total. The first-order valence-corrected chi connectivity index (χ1v) is 5.81. The lowest BCUT2D eigenvalue weighted by Crippen LogP contribution is -2.33. The third-order valence-corrected chi connectivity index (χ3v) is 3.73. The fraction of sp³-hybridized carbons (Fsp3) is 0.750. The lowest BCUT2D eigenvalue weighted by atomic mass is 9.79. The minimum Gasteiger partial charge on any atom is -0.411 e. The van der Waals surface area contributed by atoms with Crippen molar-refractivity contribution in [2.75, 3.05) is 14.1 Å². The van der Waals surface area contributed by atoms with Crippen LogP contribution < -0.4 is 0 Å². The summed E-state index contributed by atoms with van der Waals surface area (Å²) in [5, 5.41) is 12.4. The highest BCUT2D eigenvalue weighted by Gasteiger charge is 2.27. The zero-order valence-corrected chi connectivity index (χ0v) is 9.66. The summed E-state index contributed by atoms with van der Waals surface area (Å²) in [6.07, 6.45) is 6.78. The number of hydrogen-bond donors (Lipinski definition) is 1. The Balaban J connectivity index is 2.19. The molecule has 84 valence electrons. The van der Waals surface area contributed by atoms with Crippen LogP contribution in [0.5, 0.6) is 0 Å². The van der Waals surface area contributed by atoms with Gasteiger partial charge in [-0.25, -0.2) is 0 Å². The molecule has 1 atom stereocenters. The van der Waals surface area contributed by atoms with E-state index in [1.54, 1.807) is 5.57 Å². The quantitative estimate of drug-likeness (QED) is 0.530. The minimum absolute atomic E-state index is 0.682. The Morgan fingerprint density at radius 1 is 1.27 bits per heavy atom. The molecule has 0 heterocycles. The van der Waals surface area contributed by atoms with Crippen LogP contribution in [0.25, 0.3) is 0 Å². The predicted octanol–water partition coefficient (Wildman–Crippen LogP) is 2.41. The van der Waals surface area contributed by atoms with Crippen LogP contribution in [0.3, 0.4) is 0 Å². The molecule has 15 heavy (non-hydrogen) atoms. The summed E-state index contributed by atoms with van der Waals surface area (Å²) >= 11 is 0. The van der Waals surface area contributed by atoms with E-state index in [1.165, 1.54) is 24.8 Å². The maximum absolute atomic E-state index is 8.95. The van der Waals surface area contributed by atoms with Crippen molar-refractivity contribution in [1.29, 1.82) is 0 Å². The van der Waals surface area contributed by atoms with E-state index in [-0.39, 0.29) is 0 Å². The zero-order chi connectivity index (χ0) is 10.8. The Hall–Kier alpha value is -0.830. The first-order chi connectivity index (χ1) is 7.22. The van der Waals surface area contributed by atoms with Crippen molar-refractivity contribution in [2.45, 2.75) is 44.6 Å². The number of oxime groups is 1. The average molecular weight is 208 g/mol. The van der Waals surface area contributed by atoms with Crippen LogP contribution in [0.4, 0.5) is 0 Å². The Morgan fingerprint density at radius 2 is 2.07 bits per heavy atom. The van der Waals surface area contributed by atoms with Gasteiger partial charge in [0.15, 0.2) is 0 Å². The molecule has 1 unspecified atom stereocenters. The Labute approximate surface area is 91.5 Å². The smallest absolute Gasteiger partial charge is 0.0827 e. The summed E-state index contributed by atoms with van der Waals surface area (Å²) in [6.45, 7) is 0. The summed E-state index contributed by atoms with van der Waals surface area (Å²) in [7, 11) is 4.31. The van der Waals surface area contributed by atoms with Gasteiger partial charge in [0.1, 0.15) is 0 Å². The number of nitrogens with zero attached hydrogens (tertiary/aromatic N) is 2.